The Hall–Kier alpha value is -2.84. The number of aromatic nitrogens is 4. The second-order valence-electron chi connectivity index (χ2n) is 6.79. The number of benzene rings is 1. The third-order valence-corrected chi connectivity index (χ3v) is 6.05. The SMILES string of the molecule is CCN(CC)CCCNC(=O)c1ccc2c(c1)sc1nc(-c3ccncn3)cn12. The molecule has 8 heteroatoms. The van der Waals surface area contributed by atoms with E-state index in [1.807, 2.05) is 34.9 Å². The number of amides is 1. The Kier molecular flexibility index (Phi) is 5.82. The number of hydrogen-bond acceptors (Lipinski definition) is 6. The Morgan fingerprint density at radius 1 is 1.21 bits per heavy atom. The molecule has 7 nitrogen and oxygen atoms in total. The van der Waals surface area contributed by atoms with Crippen molar-refractivity contribution in [2.45, 2.75) is 20.3 Å². The smallest absolute Gasteiger partial charge is 0.251 e. The first-order valence-electron chi connectivity index (χ1n) is 9.88. The summed E-state index contributed by atoms with van der Waals surface area (Å²) < 4.78 is 3.08. The molecule has 0 spiro atoms. The van der Waals surface area contributed by atoms with E-state index in [4.69, 9.17) is 0 Å². The van der Waals surface area contributed by atoms with Crippen LogP contribution in [0.5, 0.6) is 0 Å². The van der Waals surface area contributed by atoms with Gasteiger partial charge in [-0.1, -0.05) is 25.2 Å². The molecule has 29 heavy (non-hydrogen) atoms. The maximum absolute atomic E-state index is 12.5. The summed E-state index contributed by atoms with van der Waals surface area (Å²) in [4.78, 5) is 28.6. The Morgan fingerprint density at radius 3 is 2.83 bits per heavy atom. The van der Waals surface area contributed by atoms with Gasteiger partial charge in [-0.2, -0.15) is 0 Å². The van der Waals surface area contributed by atoms with E-state index in [-0.39, 0.29) is 5.91 Å². The van der Waals surface area contributed by atoms with Crippen molar-refractivity contribution in [1.29, 1.82) is 0 Å². The molecular weight excluding hydrogens is 384 g/mol. The fraction of sp³-hybridized carbons (Fsp3) is 0.333. The number of hydrogen-bond donors (Lipinski definition) is 1. The number of nitrogens with one attached hydrogen (secondary N) is 1. The van der Waals surface area contributed by atoms with Crippen molar-refractivity contribution in [2.75, 3.05) is 26.2 Å². The lowest BCUT2D eigenvalue weighted by atomic mass is 10.2. The van der Waals surface area contributed by atoms with Gasteiger partial charge in [0.2, 0.25) is 0 Å². The summed E-state index contributed by atoms with van der Waals surface area (Å²) in [5.74, 6) is -0.0286. The molecule has 0 fully saturated rings. The van der Waals surface area contributed by atoms with Gasteiger partial charge < -0.3 is 10.2 Å². The molecular formula is C21H24N6OS. The van der Waals surface area contributed by atoms with Gasteiger partial charge in [0, 0.05) is 24.5 Å². The molecule has 0 aliphatic heterocycles. The molecule has 1 aromatic carbocycles. The summed E-state index contributed by atoms with van der Waals surface area (Å²) in [6.45, 7) is 8.09. The van der Waals surface area contributed by atoms with Gasteiger partial charge in [0.25, 0.3) is 5.91 Å². The zero-order valence-corrected chi connectivity index (χ0v) is 17.4. The van der Waals surface area contributed by atoms with Crippen LogP contribution in [0.3, 0.4) is 0 Å². The predicted molar refractivity (Wildman–Crippen MR) is 116 cm³/mol. The molecule has 1 amide bonds. The van der Waals surface area contributed by atoms with Gasteiger partial charge in [-0.15, -0.1) is 0 Å². The fourth-order valence-electron chi connectivity index (χ4n) is 3.35. The summed E-state index contributed by atoms with van der Waals surface area (Å²) in [5.41, 5.74) is 3.33. The van der Waals surface area contributed by atoms with Crippen LogP contribution in [0.1, 0.15) is 30.6 Å². The van der Waals surface area contributed by atoms with Crippen molar-refractivity contribution in [3.8, 4) is 11.4 Å². The molecule has 4 rings (SSSR count). The molecule has 0 radical (unpaired) electrons. The molecule has 0 aliphatic carbocycles. The Morgan fingerprint density at radius 2 is 2.07 bits per heavy atom. The predicted octanol–water partition coefficient (Wildman–Crippen LogP) is 3.47. The largest absolute Gasteiger partial charge is 0.352 e. The second-order valence-corrected chi connectivity index (χ2v) is 7.80. The molecule has 0 bridgehead atoms. The first-order chi connectivity index (χ1) is 14.2. The summed E-state index contributed by atoms with van der Waals surface area (Å²) in [6.07, 6.45) is 6.16. The van der Waals surface area contributed by atoms with Gasteiger partial charge >= 0.3 is 0 Å². The average molecular weight is 409 g/mol. The fourth-order valence-corrected chi connectivity index (χ4v) is 4.40. The molecule has 0 aliphatic rings. The van der Waals surface area contributed by atoms with Crippen molar-refractivity contribution in [2.24, 2.45) is 0 Å². The highest BCUT2D eigenvalue weighted by Gasteiger charge is 2.13. The molecule has 3 heterocycles. The molecule has 150 valence electrons. The molecule has 0 atom stereocenters. The summed E-state index contributed by atoms with van der Waals surface area (Å²) >= 11 is 1.57. The van der Waals surface area contributed by atoms with E-state index in [0.717, 1.165) is 52.6 Å². The molecule has 0 saturated carbocycles. The number of fused-ring (bicyclic) bond motifs is 3. The summed E-state index contributed by atoms with van der Waals surface area (Å²) in [7, 11) is 0. The molecule has 3 aromatic heterocycles. The average Bonchev–Trinajstić information content (AvgIpc) is 3.32. The van der Waals surface area contributed by atoms with Crippen LogP contribution in [0.15, 0.2) is 43.0 Å². The van der Waals surface area contributed by atoms with E-state index in [9.17, 15) is 4.79 Å². The number of carbonyl (C=O) groups excluding carboxylic acids is 1. The number of nitrogens with zero attached hydrogens (tertiary/aromatic N) is 5. The van der Waals surface area contributed by atoms with Crippen molar-refractivity contribution in [3.05, 3.63) is 48.5 Å². The van der Waals surface area contributed by atoms with Crippen LogP contribution >= 0.6 is 11.3 Å². The van der Waals surface area contributed by atoms with Crippen LogP contribution in [0, 0.1) is 0 Å². The standard InChI is InChI=1S/C21H24N6OS/c1-3-26(4-2)11-5-9-23-20(28)15-6-7-18-19(12-15)29-21-25-17(13-27(18)21)16-8-10-22-14-24-16/h6-8,10,12-14H,3-5,9,11H2,1-2H3,(H,23,28). The Labute approximate surface area is 173 Å². The molecule has 0 saturated heterocycles. The lowest BCUT2D eigenvalue weighted by Crippen LogP contribution is -2.29. The van der Waals surface area contributed by atoms with E-state index < -0.39 is 0 Å². The van der Waals surface area contributed by atoms with Crippen molar-refractivity contribution in [3.63, 3.8) is 0 Å². The van der Waals surface area contributed by atoms with Gasteiger partial charge in [-0.3, -0.25) is 9.20 Å². The van der Waals surface area contributed by atoms with Crippen molar-refractivity contribution >= 4 is 32.4 Å². The first kappa shape index (κ1) is 19.5. The van der Waals surface area contributed by atoms with Gasteiger partial charge in [0.15, 0.2) is 4.96 Å². The van der Waals surface area contributed by atoms with Gasteiger partial charge in [0.1, 0.15) is 12.0 Å². The Bertz CT molecular complexity index is 1120. The third-order valence-electron chi connectivity index (χ3n) is 5.03. The zero-order chi connectivity index (χ0) is 20.2. The summed E-state index contributed by atoms with van der Waals surface area (Å²) in [5, 5.41) is 3.03. The maximum atomic E-state index is 12.5. The lowest BCUT2D eigenvalue weighted by Gasteiger charge is -2.17. The minimum Gasteiger partial charge on any atom is -0.352 e. The van der Waals surface area contributed by atoms with Crippen LogP contribution in [0.25, 0.3) is 26.6 Å². The van der Waals surface area contributed by atoms with Crippen LogP contribution in [-0.4, -0.2) is 56.3 Å². The van der Waals surface area contributed by atoms with Crippen LogP contribution in [0.2, 0.25) is 0 Å². The third kappa shape index (κ3) is 4.13. The van der Waals surface area contributed by atoms with Crippen LogP contribution in [0.4, 0.5) is 0 Å². The van der Waals surface area contributed by atoms with E-state index in [2.05, 4.69) is 39.0 Å². The van der Waals surface area contributed by atoms with E-state index in [1.165, 1.54) is 6.33 Å². The lowest BCUT2D eigenvalue weighted by molar-refractivity contribution is 0.0952. The topological polar surface area (TPSA) is 75.4 Å². The number of imidazole rings is 1. The normalized spacial score (nSPS) is 11.6. The van der Waals surface area contributed by atoms with Gasteiger partial charge in [0.05, 0.1) is 15.9 Å². The number of carbonyl (C=O) groups is 1. The molecule has 4 aromatic rings. The number of rotatable bonds is 8. The highest BCUT2D eigenvalue weighted by atomic mass is 32.1. The highest BCUT2D eigenvalue weighted by molar-refractivity contribution is 7.23. The summed E-state index contributed by atoms with van der Waals surface area (Å²) in [6, 6.07) is 7.64. The monoisotopic (exact) mass is 408 g/mol. The van der Waals surface area contributed by atoms with E-state index in [0.29, 0.717) is 12.1 Å². The second kappa shape index (κ2) is 8.67. The van der Waals surface area contributed by atoms with E-state index in [1.54, 1.807) is 17.5 Å². The van der Waals surface area contributed by atoms with Crippen LogP contribution < -0.4 is 5.32 Å². The zero-order valence-electron chi connectivity index (χ0n) is 16.6. The number of thiazole rings is 1. The molecule has 1 N–H and O–H groups in total. The van der Waals surface area contributed by atoms with E-state index >= 15 is 0 Å². The van der Waals surface area contributed by atoms with Crippen LogP contribution in [-0.2, 0) is 0 Å². The highest BCUT2D eigenvalue weighted by Crippen LogP contribution is 2.29. The van der Waals surface area contributed by atoms with Gasteiger partial charge in [-0.05, 0) is 50.3 Å². The quantitative estimate of drug-likeness (QED) is 0.452. The maximum Gasteiger partial charge on any atom is 0.251 e. The minimum atomic E-state index is -0.0286. The minimum absolute atomic E-state index is 0.0286. The van der Waals surface area contributed by atoms with Crippen molar-refractivity contribution < 1.29 is 4.79 Å². The Balaban J connectivity index is 1.47. The van der Waals surface area contributed by atoms with Gasteiger partial charge in [-0.25, -0.2) is 15.0 Å². The van der Waals surface area contributed by atoms with Crippen molar-refractivity contribution in [1.82, 2.24) is 29.6 Å². The first-order valence-corrected chi connectivity index (χ1v) is 10.7. The molecule has 0 unspecified atom stereocenters.